The number of likely N-dealkylation sites (N-methyl/N-ethyl adjacent to an activating group) is 1. The van der Waals surface area contributed by atoms with Crippen molar-refractivity contribution >= 4 is 11.1 Å². The van der Waals surface area contributed by atoms with Gasteiger partial charge in [0.25, 0.3) is 0 Å². The van der Waals surface area contributed by atoms with Gasteiger partial charge < -0.3 is 14.7 Å². The van der Waals surface area contributed by atoms with E-state index in [2.05, 4.69) is 91.5 Å². The van der Waals surface area contributed by atoms with E-state index in [0.29, 0.717) is 6.61 Å². The van der Waals surface area contributed by atoms with E-state index in [1.807, 2.05) is 12.1 Å². The molecule has 0 spiro atoms. The van der Waals surface area contributed by atoms with Crippen LogP contribution in [-0.2, 0) is 0 Å². The van der Waals surface area contributed by atoms with Crippen molar-refractivity contribution in [1.29, 1.82) is 0 Å². The van der Waals surface area contributed by atoms with Gasteiger partial charge in [0, 0.05) is 13.2 Å². The second kappa shape index (κ2) is 12.8. The number of nitrogens with zero attached hydrogens (tertiary/aromatic N) is 1. The van der Waals surface area contributed by atoms with Crippen molar-refractivity contribution in [2.75, 3.05) is 32.8 Å². The highest BCUT2D eigenvalue weighted by Crippen LogP contribution is 2.35. The maximum atomic E-state index is 9.54. The molecule has 0 aliphatic carbocycles. The van der Waals surface area contributed by atoms with Gasteiger partial charge >= 0.3 is 0 Å². The smallest absolute Gasteiger partial charge is 0.119 e. The average molecular weight is 430 g/mol. The molecule has 0 aromatic heterocycles. The van der Waals surface area contributed by atoms with Crippen molar-refractivity contribution in [3.8, 4) is 5.75 Å². The second-order valence-electron chi connectivity index (χ2n) is 7.81. The van der Waals surface area contributed by atoms with E-state index in [9.17, 15) is 5.11 Å². The summed E-state index contributed by atoms with van der Waals surface area (Å²) in [5, 5.41) is 9.54. The van der Waals surface area contributed by atoms with Gasteiger partial charge in [0.15, 0.2) is 0 Å². The standard InChI is InChI=1S/C29H35NO2/c1-3-30(4-2)21-23-32-27-19-17-26(18-20-27)29(25-14-9-6-10-15-25)28(16-11-22-31)24-12-7-5-8-13-24/h5-10,12-15,17-20,31H,3-4,11,16,21-23H2,1-2H3/b29-28-. The monoisotopic (exact) mass is 429 g/mol. The minimum atomic E-state index is 0.178. The van der Waals surface area contributed by atoms with Crippen molar-refractivity contribution in [3.05, 3.63) is 102 Å². The summed E-state index contributed by atoms with van der Waals surface area (Å²) >= 11 is 0. The molecule has 32 heavy (non-hydrogen) atoms. The maximum absolute atomic E-state index is 9.54. The largest absolute Gasteiger partial charge is 0.492 e. The number of ether oxygens (including phenoxy) is 1. The molecule has 0 radical (unpaired) electrons. The molecule has 0 atom stereocenters. The Kier molecular flexibility index (Phi) is 9.55. The lowest BCUT2D eigenvalue weighted by atomic mass is 9.87. The summed E-state index contributed by atoms with van der Waals surface area (Å²) in [7, 11) is 0. The zero-order chi connectivity index (χ0) is 22.6. The van der Waals surface area contributed by atoms with Crippen molar-refractivity contribution < 1.29 is 9.84 Å². The lowest BCUT2D eigenvalue weighted by Crippen LogP contribution is -2.27. The Labute approximate surface area is 193 Å². The van der Waals surface area contributed by atoms with Gasteiger partial charge in [-0.3, -0.25) is 0 Å². The van der Waals surface area contributed by atoms with Gasteiger partial charge in [-0.25, -0.2) is 0 Å². The Bertz CT molecular complexity index is 945. The van der Waals surface area contributed by atoms with E-state index in [1.54, 1.807) is 0 Å². The molecule has 0 heterocycles. The number of rotatable bonds is 12. The van der Waals surface area contributed by atoms with Gasteiger partial charge in [-0.1, -0.05) is 86.6 Å². The number of hydrogen-bond acceptors (Lipinski definition) is 3. The summed E-state index contributed by atoms with van der Waals surface area (Å²) in [6.45, 7) is 8.24. The van der Waals surface area contributed by atoms with Gasteiger partial charge in [-0.05, 0) is 65.9 Å². The zero-order valence-electron chi connectivity index (χ0n) is 19.3. The van der Waals surface area contributed by atoms with E-state index in [4.69, 9.17) is 4.74 Å². The predicted octanol–water partition coefficient (Wildman–Crippen LogP) is 6.14. The fourth-order valence-electron chi connectivity index (χ4n) is 3.98. The summed E-state index contributed by atoms with van der Waals surface area (Å²) in [6.07, 6.45) is 1.54. The SMILES string of the molecule is CCN(CC)CCOc1ccc(/C(=C(/CCCO)c2ccccc2)c2ccccc2)cc1. The number of hydrogen-bond donors (Lipinski definition) is 1. The van der Waals surface area contributed by atoms with Crippen LogP contribution in [0.2, 0.25) is 0 Å². The van der Waals surface area contributed by atoms with Gasteiger partial charge in [0.2, 0.25) is 0 Å². The van der Waals surface area contributed by atoms with Crippen molar-refractivity contribution in [3.63, 3.8) is 0 Å². The molecular weight excluding hydrogens is 394 g/mol. The van der Waals surface area contributed by atoms with E-state index < -0.39 is 0 Å². The molecular formula is C29H35NO2. The number of benzene rings is 3. The highest BCUT2D eigenvalue weighted by molar-refractivity contribution is 5.98. The second-order valence-corrected chi connectivity index (χ2v) is 7.81. The molecule has 1 N–H and O–H groups in total. The first-order chi connectivity index (χ1) is 15.8. The van der Waals surface area contributed by atoms with Gasteiger partial charge in [0.1, 0.15) is 12.4 Å². The normalized spacial score (nSPS) is 12.0. The van der Waals surface area contributed by atoms with Crippen LogP contribution in [0.1, 0.15) is 43.4 Å². The molecule has 3 aromatic rings. The van der Waals surface area contributed by atoms with Gasteiger partial charge in [0.05, 0.1) is 0 Å². The Balaban J connectivity index is 1.95. The van der Waals surface area contributed by atoms with Gasteiger partial charge in [-0.15, -0.1) is 0 Å². The van der Waals surface area contributed by atoms with Crippen LogP contribution in [0, 0.1) is 0 Å². The van der Waals surface area contributed by atoms with E-state index >= 15 is 0 Å². The lowest BCUT2D eigenvalue weighted by molar-refractivity contribution is 0.223. The summed E-state index contributed by atoms with van der Waals surface area (Å²) in [5.74, 6) is 0.893. The molecule has 0 unspecified atom stereocenters. The third kappa shape index (κ3) is 6.56. The maximum Gasteiger partial charge on any atom is 0.119 e. The van der Waals surface area contributed by atoms with Crippen molar-refractivity contribution in [2.24, 2.45) is 0 Å². The summed E-state index contributed by atoms with van der Waals surface area (Å²) < 4.78 is 6.00. The molecule has 0 bridgehead atoms. The Morgan fingerprint density at radius 1 is 0.750 bits per heavy atom. The van der Waals surface area contributed by atoms with Crippen LogP contribution < -0.4 is 4.74 Å². The van der Waals surface area contributed by atoms with Crippen LogP contribution in [0.3, 0.4) is 0 Å². The van der Waals surface area contributed by atoms with E-state index in [0.717, 1.165) is 43.8 Å². The number of allylic oxidation sites excluding steroid dienone is 1. The highest BCUT2D eigenvalue weighted by atomic mass is 16.5. The molecule has 0 saturated heterocycles. The fourth-order valence-corrected chi connectivity index (χ4v) is 3.98. The highest BCUT2D eigenvalue weighted by Gasteiger charge is 2.14. The topological polar surface area (TPSA) is 32.7 Å². The van der Waals surface area contributed by atoms with Crippen LogP contribution in [0.5, 0.6) is 5.75 Å². The third-order valence-electron chi connectivity index (χ3n) is 5.79. The fraction of sp³-hybridized carbons (Fsp3) is 0.310. The predicted molar refractivity (Wildman–Crippen MR) is 135 cm³/mol. The molecule has 0 fully saturated rings. The van der Waals surface area contributed by atoms with Crippen LogP contribution in [0.15, 0.2) is 84.9 Å². The molecule has 168 valence electrons. The van der Waals surface area contributed by atoms with E-state index in [-0.39, 0.29) is 6.61 Å². The summed E-state index contributed by atoms with van der Waals surface area (Å²) in [4.78, 5) is 2.36. The minimum Gasteiger partial charge on any atom is -0.492 e. The van der Waals surface area contributed by atoms with Crippen LogP contribution in [0.25, 0.3) is 11.1 Å². The molecule has 3 aromatic carbocycles. The Hall–Kier alpha value is -2.88. The van der Waals surface area contributed by atoms with Crippen LogP contribution in [0.4, 0.5) is 0 Å². The average Bonchev–Trinajstić information content (AvgIpc) is 2.86. The molecule has 0 aliphatic heterocycles. The first-order valence-corrected chi connectivity index (χ1v) is 11.7. The lowest BCUT2D eigenvalue weighted by Gasteiger charge is -2.19. The first kappa shape index (κ1) is 23.8. The van der Waals surface area contributed by atoms with Crippen LogP contribution in [-0.4, -0.2) is 42.9 Å². The molecule has 0 saturated carbocycles. The Morgan fingerprint density at radius 2 is 1.31 bits per heavy atom. The minimum absolute atomic E-state index is 0.178. The number of aliphatic hydroxyl groups excluding tert-OH is 1. The van der Waals surface area contributed by atoms with Gasteiger partial charge in [-0.2, -0.15) is 0 Å². The first-order valence-electron chi connectivity index (χ1n) is 11.7. The Morgan fingerprint density at radius 3 is 1.88 bits per heavy atom. The van der Waals surface area contributed by atoms with Crippen LogP contribution >= 0.6 is 0 Å². The van der Waals surface area contributed by atoms with E-state index in [1.165, 1.54) is 22.3 Å². The molecule has 0 amide bonds. The zero-order valence-corrected chi connectivity index (χ0v) is 19.3. The summed E-state index contributed by atoms with van der Waals surface area (Å²) in [5.41, 5.74) is 5.99. The third-order valence-corrected chi connectivity index (χ3v) is 5.79. The molecule has 3 heteroatoms. The summed E-state index contributed by atoms with van der Waals surface area (Å²) in [6, 6.07) is 29.4. The molecule has 0 aliphatic rings. The number of aliphatic hydroxyl groups is 1. The van der Waals surface area contributed by atoms with Crippen molar-refractivity contribution in [2.45, 2.75) is 26.7 Å². The molecule has 3 nitrogen and oxygen atoms in total. The molecule has 3 rings (SSSR count). The van der Waals surface area contributed by atoms with Crippen molar-refractivity contribution in [1.82, 2.24) is 4.90 Å². The quantitative estimate of drug-likeness (QED) is 0.351.